The number of carbonyl (C=O) groups excluding carboxylic acids is 1. The third-order valence-corrected chi connectivity index (χ3v) is 6.89. The van der Waals surface area contributed by atoms with Gasteiger partial charge in [0.25, 0.3) is 0 Å². The number of hydrogen-bond donors (Lipinski definition) is 1. The van der Waals surface area contributed by atoms with Crippen molar-refractivity contribution in [2.24, 2.45) is 0 Å². The van der Waals surface area contributed by atoms with E-state index in [1.807, 2.05) is 13.0 Å². The van der Waals surface area contributed by atoms with E-state index >= 15 is 0 Å². The molecular formula is C22H27ClN2O3S. The van der Waals surface area contributed by atoms with Crippen LogP contribution in [0.1, 0.15) is 49.4 Å². The molecule has 0 saturated heterocycles. The highest BCUT2D eigenvalue weighted by Gasteiger charge is 2.30. The largest absolute Gasteiger partial charge is 0.348 e. The van der Waals surface area contributed by atoms with Crippen molar-refractivity contribution < 1.29 is 13.2 Å². The molecule has 3 rings (SSSR count). The minimum absolute atomic E-state index is 0.219. The molecule has 2 aromatic carbocycles. The Morgan fingerprint density at radius 3 is 2.28 bits per heavy atom. The molecular weight excluding hydrogens is 408 g/mol. The second kappa shape index (κ2) is 8.76. The monoisotopic (exact) mass is 434 g/mol. The van der Waals surface area contributed by atoms with E-state index in [-0.39, 0.29) is 11.9 Å². The van der Waals surface area contributed by atoms with Gasteiger partial charge in [-0.05, 0) is 80.5 Å². The van der Waals surface area contributed by atoms with Gasteiger partial charge in [0, 0.05) is 5.02 Å². The summed E-state index contributed by atoms with van der Waals surface area (Å²) in [5.41, 5.74) is 4.17. The molecule has 29 heavy (non-hydrogen) atoms. The first kappa shape index (κ1) is 21.7. The van der Waals surface area contributed by atoms with Gasteiger partial charge in [-0.15, -0.1) is 0 Å². The Labute approximate surface area is 178 Å². The van der Waals surface area contributed by atoms with Crippen molar-refractivity contribution in [2.45, 2.75) is 51.6 Å². The zero-order chi connectivity index (χ0) is 21.2. The molecule has 1 aliphatic carbocycles. The van der Waals surface area contributed by atoms with Crippen molar-refractivity contribution >= 4 is 33.2 Å². The third kappa shape index (κ3) is 5.11. The van der Waals surface area contributed by atoms with Crippen LogP contribution in [-0.4, -0.2) is 26.6 Å². The molecule has 0 unspecified atom stereocenters. The van der Waals surface area contributed by atoms with E-state index < -0.39 is 16.1 Å². The SMILES string of the molecule is C[C@H](NC(=O)[C@H](C)N(c1ccc(Cl)cc1)S(C)(=O)=O)c1ccc2c(c1)CCCC2. The number of nitrogens with zero attached hydrogens (tertiary/aromatic N) is 1. The van der Waals surface area contributed by atoms with E-state index in [0.29, 0.717) is 10.7 Å². The lowest BCUT2D eigenvalue weighted by Gasteiger charge is -2.29. The number of benzene rings is 2. The molecule has 5 nitrogen and oxygen atoms in total. The third-order valence-electron chi connectivity index (χ3n) is 5.40. The van der Waals surface area contributed by atoms with Crippen LogP contribution in [0.3, 0.4) is 0 Å². The van der Waals surface area contributed by atoms with E-state index in [4.69, 9.17) is 11.6 Å². The van der Waals surface area contributed by atoms with E-state index in [2.05, 4.69) is 17.4 Å². The zero-order valence-electron chi connectivity index (χ0n) is 17.0. The van der Waals surface area contributed by atoms with Crippen LogP contribution in [0.15, 0.2) is 42.5 Å². The predicted molar refractivity (Wildman–Crippen MR) is 118 cm³/mol. The lowest BCUT2D eigenvalue weighted by atomic mass is 9.89. The van der Waals surface area contributed by atoms with Crippen LogP contribution >= 0.6 is 11.6 Å². The van der Waals surface area contributed by atoms with Crippen molar-refractivity contribution in [3.8, 4) is 0 Å². The Morgan fingerprint density at radius 2 is 1.66 bits per heavy atom. The van der Waals surface area contributed by atoms with Crippen molar-refractivity contribution in [1.29, 1.82) is 0 Å². The Morgan fingerprint density at radius 1 is 1.03 bits per heavy atom. The highest BCUT2D eigenvalue weighted by Crippen LogP contribution is 2.26. The van der Waals surface area contributed by atoms with Gasteiger partial charge in [0.2, 0.25) is 15.9 Å². The first-order valence-corrected chi connectivity index (χ1v) is 12.1. The number of halogens is 1. The Balaban J connectivity index is 1.78. The predicted octanol–water partition coefficient (Wildman–Crippen LogP) is 4.25. The van der Waals surface area contributed by atoms with Gasteiger partial charge in [-0.25, -0.2) is 8.42 Å². The number of hydrogen-bond acceptors (Lipinski definition) is 3. The lowest BCUT2D eigenvalue weighted by Crippen LogP contribution is -2.48. The summed E-state index contributed by atoms with van der Waals surface area (Å²) >= 11 is 5.91. The van der Waals surface area contributed by atoms with Crippen molar-refractivity contribution in [2.75, 3.05) is 10.6 Å². The molecule has 1 amide bonds. The minimum Gasteiger partial charge on any atom is -0.348 e. The molecule has 2 atom stereocenters. The summed E-state index contributed by atoms with van der Waals surface area (Å²) in [6, 6.07) is 11.7. The molecule has 0 fully saturated rings. The molecule has 0 aliphatic heterocycles. The highest BCUT2D eigenvalue weighted by atomic mass is 35.5. The fourth-order valence-electron chi connectivity index (χ4n) is 3.84. The normalized spacial score (nSPS) is 15.9. The van der Waals surface area contributed by atoms with Gasteiger partial charge in [0.15, 0.2) is 0 Å². The molecule has 156 valence electrons. The van der Waals surface area contributed by atoms with Crippen LogP contribution in [-0.2, 0) is 27.7 Å². The number of amides is 1. The number of anilines is 1. The van der Waals surface area contributed by atoms with E-state index in [1.54, 1.807) is 31.2 Å². The first-order valence-electron chi connectivity index (χ1n) is 9.84. The van der Waals surface area contributed by atoms with Crippen LogP contribution < -0.4 is 9.62 Å². The molecule has 7 heteroatoms. The molecule has 0 radical (unpaired) electrons. The van der Waals surface area contributed by atoms with Crippen LogP contribution in [0.4, 0.5) is 5.69 Å². The van der Waals surface area contributed by atoms with Crippen molar-refractivity contribution in [3.63, 3.8) is 0 Å². The minimum atomic E-state index is -3.66. The first-order chi connectivity index (χ1) is 13.7. The number of carbonyl (C=O) groups is 1. The fourth-order valence-corrected chi connectivity index (χ4v) is 5.14. The quantitative estimate of drug-likeness (QED) is 0.739. The molecule has 0 bridgehead atoms. The smallest absolute Gasteiger partial charge is 0.244 e. The summed E-state index contributed by atoms with van der Waals surface area (Å²) in [4.78, 5) is 12.9. The second-order valence-electron chi connectivity index (χ2n) is 7.68. The van der Waals surface area contributed by atoms with Crippen LogP contribution in [0, 0.1) is 0 Å². The maximum Gasteiger partial charge on any atom is 0.244 e. The van der Waals surface area contributed by atoms with E-state index in [9.17, 15) is 13.2 Å². The van der Waals surface area contributed by atoms with Crippen LogP contribution in [0.5, 0.6) is 0 Å². The highest BCUT2D eigenvalue weighted by molar-refractivity contribution is 7.92. The molecule has 2 aromatic rings. The molecule has 1 N–H and O–H groups in total. The average molecular weight is 435 g/mol. The summed E-state index contributed by atoms with van der Waals surface area (Å²) in [5, 5.41) is 3.47. The second-order valence-corrected chi connectivity index (χ2v) is 9.97. The van der Waals surface area contributed by atoms with E-state index in [1.165, 1.54) is 24.0 Å². The maximum atomic E-state index is 12.9. The average Bonchev–Trinajstić information content (AvgIpc) is 2.68. The van der Waals surface area contributed by atoms with E-state index in [0.717, 1.165) is 29.0 Å². The summed E-state index contributed by atoms with van der Waals surface area (Å²) in [5.74, 6) is -0.351. The number of nitrogens with one attached hydrogen (secondary N) is 1. The maximum absolute atomic E-state index is 12.9. The Hall–Kier alpha value is -2.05. The molecule has 0 heterocycles. The molecule has 0 aromatic heterocycles. The Kier molecular flexibility index (Phi) is 6.54. The van der Waals surface area contributed by atoms with Gasteiger partial charge >= 0.3 is 0 Å². The van der Waals surface area contributed by atoms with Gasteiger partial charge in [-0.3, -0.25) is 9.10 Å². The summed E-state index contributed by atoms with van der Waals surface area (Å²) in [6.45, 7) is 3.51. The number of rotatable bonds is 6. The van der Waals surface area contributed by atoms with Gasteiger partial charge in [0.05, 0.1) is 18.0 Å². The zero-order valence-corrected chi connectivity index (χ0v) is 18.6. The van der Waals surface area contributed by atoms with Crippen LogP contribution in [0.25, 0.3) is 0 Å². The molecule has 1 aliphatic rings. The Bertz CT molecular complexity index is 990. The van der Waals surface area contributed by atoms with Gasteiger partial charge in [-0.2, -0.15) is 0 Å². The summed E-state index contributed by atoms with van der Waals surface area (Å²) < 4.78 is 25.9. The topological polar surface area (TPSA) is 66.5 Å². The number of fused-ring (bicyclic) bond motifs is 1. The number of aryl methyl sites for hydroxylation is 2. The lowest BCUT2D eigenvalue weighted by molar-refractivity contribution is -0.122. The fraction of sp³-hybridized carbons (Fsp3) is 0.409. The van der Waals surface area contributed by atoms with Crippen molar-refractivity contribution in [1.82, 2.24) is 5.32 Å². The van der Waals surface area contributed by atoms with Gasteiger partial charge < -0.3 is 5.32 Å². The summed E-state index contributed by atoms with van der Waals surface area (Å²) in [6.07, 6.45) is 5.69. The molecule has 0 spiro atoms. The van der Waals surface area contributed by atoms with Crippen molar-refractivity contribution in [3.05, 3.63) is 64.2 Å². The molecule has 0 saturated carbocycles. The van der Waals surface area contributed by atoms with Gasteiger partial charge in [-0.1, -0.05) is 29.8 Å². The standard InChI is InChI=1S/C22H27ClN2O3S/c1-15(18-9-8-17-6-4-5-7-19(17)14-18)24-22(26)16(2)25(29(3,27)28)21-12-10-20(23)11-13-21/h8-16H,4-7H2,1-3H3,(H,24,26)/t15-,16-/m0/s1. The van der Waals surface area contributed by atoms with Crippen LogP contribution in [0.2, 0.25) is 5.02 Å². The van der Waals surface area contributed by atoms with Gasteiger partial charge in [0.1, 0.15) is 6.04 Å². The summed E-state index contributed by atoms with van der Waals surface area (Å²) in [7, 11) is -3.66. The number of sulfonamides is 1.